The summed E-state index contributed by atoms with van der Waals surface area (Å²) < 4.78 is 10.3. The second-order valence-electron chi connectivity index (χ2n) is 4.45. The Bertz CT molecular complexity index is 561. The van der Waals surface area contributed by atoms with Crippen LogP contribution in [0.25, 0.3) is 0 Å². The van der Waals surface area contributed by atoms with Gasteiger partial charge >= 0.3 is 0 Å². The van der Waals surface area contributed by atoms with Gasteiger partial charge in [-0.2, -0.15) is 4.98 Å². The molecule has 6 heteroatoms. The number of aromatic nitrogens is 3. The molecule has 0 fully saturated rings. The third kappa shape index (κ3) is 2.83. The maximum Gasteiger partial charge on any atom is 0.218 e. The highest BCUT2D eigenvalue weighted by atomic mass is 16.5. The van der Waals surface area contributed by atoms with E-state index in [-0.39, 0.29) is 6.04 Å². The van der Waals surface area contributed by atoms with Crippen molar-refractivity contribution in [1.82, 2.24) is 15.1 Å². The number of hydrogen-bond donors (Lipinski definition) is 1. The van der Waals surface area contributed by atoms with Crippen molar-refractivity contribution in [3.63, 3.8) is 0 Å². The summed E-state index contributed by atoms with van der Waals surface area (Å²) in [7, 11) is 1.59. The van der Waals surface area contributed by atoms with Gasteiger partial charge in [0, 0.05) is 11.6 Å². The summed E-state index contributed by atoms with van der Waals surface area (Å²) in [6, 6.07) is 1.81. The summed E-state index contributed by atoms with van der Waals surface area (Å²) in [5, 5.41) is 7.27. The van der Waals surface area contributed by atoms with Crippen LogP contribution >= 0.6 is 0 Å². The SMILES string of the molecule is COc1cc(NC(C)c2c(C)noc2C)nc(C)n1. The number of anilines is 1. The number of ether oxygens (including phenoxy) is 1. The van der Waals surface area contributed by atoms with E-state index in [1.165, 1.54) is 0 Å². The molecular formula is C13H18N4O2. The predicted octanol–water partition coefficient (Wildman–Crippen LogP) is 2.57. The van der Waals surface area contributed by atoms with Gasteiger partial charge in [-0.1, -0.05) is 5.16 Å². The molecule has 2 aromatic rings. The van der Waals surface area contributed by atoms with E-state index < -0.39 is 0 Å². The zero-order chi connectivity index (χ0) is 14.0. The summed E-state index contributed by atoms with van der Waals surface area (Å²) >= 11 is 0. The predicted molar refractivity (Wildman–Crippen MR) is 71.3 cm³/mol. The fraction of sp³-hybridized carbons (Fsp3) is 0.462. The highest BCUT2D eigenvalue weighted by Gasteiger charge is 2.17. The number of nitrogens with zero attached hydrogens (tertiary/aromatic N) is 3. The number of hydrogen-bond acceptors (Lipinski definition) is 6. The second kappa shape index (κ2) is 5.26. The Labute approximate surface area is 112 Å². The molecule has 6 nitrogen and oxygen atoms in total. The van der Waals surface area contributed by atoms with E-state index in [1.807, 2.05) is 27.7 Å². The van der Waals surface area contributed by atoms with E-state index in [0.717, 1.165) is 22.8 Å². The summed E-state index contributed by atoms with van der Waals surface area (Å²) in [5.74, 6) is 2.74. The van der Waals surface area contributed by atoms with Gasteiger partial charge < -0.3 is 14.6 Å². The van der Waals surface area contributed by atoms with Crippen LogP contribution in [0.15, 0.2) is 10.6 Å². The molecule has 0 aliphatic carbocycles. The van der Waals surface area contributed by atoms with Crippen molar-refractivity contribution in [3.8, 4) is 5.88 Å². The van der Waals surface area contributed by atoms with E-state index in [2.05, 4.69) is 20.4 Å². The second-order valence-corrected chi connectivity index (χ2v) is 4.45. The van der Waals surface area contributed by atoms with Gasteiger partial charge in [-0.05, 0) is 27.7 Å². The first-order valence-corrected chi connectivity index (χ1v) is 6.10. The van der Waals surface area contributed by atoms with Crippen LogP contribution in [-0.4, -0.2) is 22.2 Å². The first-order chi connectivity index (χ1) is 9.01. The maximum atomic E-state index is 5.18. The van der Waals surface area contributed by atoms with Crippen LogP contribution in [0.1, 0.15) is 35.8 Å². The zero-order valence-corrected chi connectivity index (χ0v) is 11.8. The first-order valence-electron chi connectivity index (χ1n) is 6.10. The van der Waals surface area contributed by atoms with E-state index in [4.69, 9.17) is 9.26 Å². The van der Waals surface area contributed by atoms with Gasteiger partial charge in [-0.15, -0.1) is 0 Å². The molecule has 0 aliphatic heterocycles. The molecule has 0 radical (unpaired) electrons. The molecule has 0 saturated carbocycles. The van der Waals surface area contributed by atoms with E-state index in [1.54, 1.807) is 13.2 Å². The van der Waals surface area contributed by atoms with E-state index in [9.17, 15) is 0 Å². The molecule has 1 N–H and O–H groups in total. The van der Waals surface area contributed by atoms with Gasteiger partial charge in [0.2, 0.25) is 5.88 Å². The molecule has 0 aromatic carbocycles. The lowest BCUT2D eigenvalue weighted by Gasteiger charge is -2.15. The fourth-order valence-corrected chi connectivity index (χ4v) is 2.12. The van der Waals surface area contributed by atoms with Crippen LogP contribution < -0.4 is 10.1 Å². The van der Waals surface area contributed by atoms with Crippen molar-refractivity contribution in [2.75, 3.05) is 12.4 Å². The standard InChI is InChI=1S/C13H18N4O2/c1-7(13-8(2)17-19-9(13)3)14-11-6-12(18-5)16-10(4)15-11/h6-7H,1-5H3,(H,14,15,16). The van der Waals surface area contributed by atoms with Gasteiger partial charge in [-0.3, -0.25) is 0 Å². The van der Waals surface area contributed by atoms with Gasteiger partial charge in [-0.25, -0.2) is 4.98 Å². The zero-order valence-electron chi connectivity index (χ0n) is 11.8. The summed E-state index contributed by atoms with van der Waals surface area (Å²) in [5.41, 5.74) is 1.94. The molecule has 1 unspecified atom stereocenters. The smallest absolute Gasteiger partial charge is 0.218 e. The lowest BCUT2D eigenvalue weighted by Crippen LogP contribution is -2.10. The fourth-order valence-electron chi connectivity index (χ4n) is 2.12. The minimum Gasteiger partial charge on any atom is -0.481 e. The van der Waals surface area contributed by atoms with Crippen molar-refractivity contribution in [2.45, 2.75) is 33.7 Å². The van der Waals surface area contributed by atoms with Crippen LogP contribution in [0, 0.1) is 20.8 Å². The first kappa shape index (κ1) is 13.3. The number of nitrogens with one attached hydrogen (secondary N) is 1. The largest absolute Gasteiger partial charge is 0.481 e. The minimum absolute atomic E-state index is 0.0465. The molecule has 0 amide bonds. The van der Waals surface area contributed by atoms with E-state index >= 15 is 0 Å². The monoisotopic (exact) mass is 262 g/mol. The summed E-state index contributed by atoms with van der Waals surface area (Å²) in [4.78, 5) is 8.49. The van der Waals surface area contributed by atoms with Gasteiger partial charge in [0.15, 0.2) is 0 Å². The molecule has 19 heavy (non-hydrogen) atoms. The molecule has 2 aromatic heterocycles. The van der Waals surface area contributed by atoms with Crippen molar-refractivity contribution < 1.29 is 9.26 Å². The molecule has 0 aliphatic rings. The van der Waals surface area contributed by atoms with Crippen LogP contribution in [0.5, 0.6) is 5.88 Å². The topological polar surface area (TPSA) is 73.1 Å². The molecular weight excluding hydrogens is 244 g/mol. The van der Waals surface area contributed by atoms with Crippen LogP contribution in [-0.2, 0) is 0 Å². The molecule has 0 bridgehead atoms. The lowest BCUT2D eigenvalue weighted by molar-refractivity contribution is 0.392. The molecule has 102 valence electrons. The van der Waals surface area contributed by atoms with Gasteiger partial charge in [0.1, 0.15) is 17.4 Å². The lowest BCUT2D eigenvalue weighted by atomic mass is 10.1. The van der Waals surface area contributed by atoms with Gasteiger partial charge in [0.05, 0.1) is 18.8 Å². The average Bonchev–Trinajstić information content (AvgIpc) is 2.68. The van der Waals surface area contributed by atoms with Crippen molar-refractivity contribution in [1.29, 1.82) is 0 Å². The molecule has 0 saturated heterocycles. The Morgan fingerprint density at radius 2 is 2.00 bits per heavy atom. The third-order valence-electron chi connectivity index (χ3n) is 2.91. The summed E-state index contributed by atoms with van der Waals surface area (Å²) in [6.07, 6.45) is 0. The molecule has 2 rings (SSSR count). The Balaban J connectivity index is 2.24. The van der Waals surface area contributed by atoms with Crippen LogP contribution in [0.2, 0.25) is 0 Å². The Morgan fingerprint density at radius 3 is 2.58 bits per heavy atom. The quantitative estimate of drug-likeness (QED) is 0.913. The number of aryl methyl sites for hydroxylation is 3. The Morgan fingerprint density at radius 1 is 1.26 bits per heavy atom. The Kier molecular flexibility index (Phi) is 3.69. The molecule has 1 atom stereocenters. The summed E-state index contributed by atoms with van der Waals surface area (Å²) in [6.45, 7) is 7.69. The third-order valence-corrected chi connectivity index (χ3v) is 2.91. The highest BCUT2D eigenvalue weighted by Crippen LogP contribution is 2.25. The van der Waals surface area contributed by atoms with Crippen molar-refractivity contribution >= 4 is 5.82 Å². The minimum atomic E-state index is 0.0465. The van der Waals surface area contributed by atoms with Gasteiger partial charge in [0.25, 0.3) is 0 Å². The Hall–Kier alpha value is -2.11. The van der Waals surface area contributed by atoms with Crippen LogP contribution in [0.3, 0.4) is 0 Å². The van der Waals surface area contributed by atoms with E-state index in [0.29, 0.717) is 11.7 Å². The van der Waals surface area contributed by atoms with Crippen LogP contribution in [0.4, 0.5) is 5.82 Å². The number of rotatable bonds is 4. The van der Waals surface area contributed by atoms with Crippen molar-refractivity contribution in [2.24, 2.45) is 0 Å². The maximum absolute atomic E-state index is 5.18. The molecule has 0 spiro atoms. The highest BCUT2D eigenvalue weighted by molar-refractivity contribution is 5.42. The average molecular weight is 262 g/mol. The van der Waals surface area contributed by atoms with Crippen molar-refractivity contribution in [3.05, 3.63) is 28.9 Å². The molecule has 2 heterocycles. The number of methoxy groups -OCH3 is 1. The normalized spacial score (nSPS) is 12.3.